The van der Waals surface area contributed by atoms with Gasteiger partial charge in [-0.05, 0) is 61.5 Å². The summed E-state index contributed by atoms with van der Waals surface area (Å²) in [4.78, 5) is 17.4. The van der Waals surface area contributed by atoms with Crippen LogP contribution >= 0.6 is 12.4 Å². The number of nitriles is 1. The Morgan fingerprint density at radius 3 is 2.59 bits per heavy atom. The molecule has 3 aromatic carbocycles. The first kappa shape index (κ1) is 22.6. The highest BCUT2D eigenvalue weighted by Gasteiger charge is 2.13. The summed E-state index contributed by atoms with van der Waals surface area (Å²) in [5.41, 5.74) is 10.8. The van der Waals surface area contributed by atoms with Crippen molar-refractivity contribution in [3.8, 4) is 11.8 Å². The Morgan fingerprint density at radius 1 is 1.09 bits per heavy atom. The van der Waals surface area contributed by atoms with E-state index in [1.807, 2.05) is 49.4 Å². The molecule has 0 bridgehead atoms. The monoisotopic (exact) mass is 444 g/mol. The van der Waals surface area contributed by atoms with Crippen LogP contribution in [0.25, 0.3) is 10.9 Å². The minimum Gasteiger partial charge on any atom is -0.489 e. The van der Waals surface area contributed by atoms with Crippen LogP contribution in [0.3, 0.4) is 0 Å². The van der Waals surface area contributed by atoms with Gasteiger partial charge < -0.3 is 15.8 Å². The lowest BCUT2D eigenvalue weighted by atomic mass is 10.1. The van der Waals surface area contributed by atoms with Crippen LogP contribution in [0.1, 0.15) is 27.2 Å². The van der Waals surface area contributed by atoms with Crippen LogP contribution in [0.15, 0.2) is 72.8 Å². The van der Waals surface area contributed by atoms with Crippen molar-refractivity contribution < 1.29 is 9.53 Å². The number of hydrogen-bond donors (Lipinski definition) is 2. The van der Waals surface area contributed by atoms with E-state index >= 15 is 0 Å². The third-order valence-corrected chi connectivity index (χ3v) is 4.87. The van der Waals surface area contributed by atoms with Crippen molar-refractivity contribution in [1.29, 1.82) is 5.26 Å². The van der Waals surface area contributed by atoms with Gasteiger partial charge in [0.15, 0.2) is 0 Å². The number of pyridine rings is 1. The van der Waals surface area contributed by atoms with E-state index in [1.165, 1.54) is 0 Å². The number of hydrogen-bond acceptors (Lipinski definition) is 5. The van der Waals surface area contributed by atoms with Gasteiger partial charge in [-0.25, -0.2) is 0 Å². The maximum atomic E-state index is 13.0. The van der Waals surface area contributed by atoms with Crippen LogP contribution in [0.4, 0.5) is 11.4 Å². The van der Waals surface area contributed by atoms with E-state index in [0.717, 1.165) is 22.2 Å². The molecule has 0 spiro atoms. The number of aromatic nitrogens is 1. The van der Waals surface area contributed by atoms with Crippen molar-refractivity contribution in [2.75, 3.05) is 11.1 Å². The first-order valence-electron chi connectivity index (χ1n) is 9.72. The molecule has 4 aromatic rings. The normalized spacial score (nSPS) is 10.1. The fourth-order valence-corrected chi connectivity index (χ4v) is 3.32. The summed E-state index contributed by atoms with van der Waals surface area (Å²) in [6, 6.07) is 23.5. The molecule has 0 saturated carbocycles. The van der Waals surface area contributed by atoms with Crippen LogP contribution in [0, 0.1) is 18.3 Å². The summed E-state index contributed by atoms with van der Waals surface area (Å²) < 4.78 is 5.80. The highest BCUT2D eigenvalue weighted by molar-refractivity contribution is 6.06. The minimum absolute atomic E-state index is 0. The summed E-state index contributed by atoms with van der Waals surface area (Å²) in [5.74, 6) is 0.388. The number of amides is 1. The number of nitrogens with two attached hydrogens (primary N) is 1. The van der Waals surface area contributed by atoms with Gasteiger partial charge in [0.1, 0.15) is 12.4 Å². The smallest absolute Gasteiger partial charge is 0.256 e. The third kappa shape index (κ3) is 4.97. The molecule has 0 radical (unpaired) electrons. The van der Waals surface area contributed by atoms with Gasteiger partial charge in [-0.1, -0.05) is 18.2 Å². The van der Waals surface area contributed by atoms with E-state index in [1.54, 1.807) is 30.3 Å². The zero-order valence-electron chi connectivity index (χ0n) is 17.3. The summed E-state index contributed by atoms with van der Waals surface area (Å²) >= 11 is 0. The number of benzene rings is 3. The summed E-state index contributed by atoms with van der Waals surface area (Å²) in [7, 11) is 0. The molecule has 3 N–H and O–H groups in total. The molecule has 1 aromatic heterocycles. The average Bonchev–Trinajstić information content (AvgIpc) is 2.78. The highest BCUT2D eigenvalue weighted by Crippen LogP contribution is 2.25. The number of carbonyl (C=O) groups is 1. The van der Waals surface area contributed by atoms with E-state index in [9.17, 15) is 4.79 Å². The predicted octanol–water partition coefficient (Wildman–Crippen LogP) is 5.25. The van der Waals surface area contributed by atoms with E-state index in [2.05, 4.69) is 16.4 Å². The summed E-state index contributed by atoms with van der Waals surface area (Å²) in [6.07, 6.45) is 0. The number of nitrogen functional groups attached to an aromatic ring is 1. The number of carbonyl (C=O) groups excluding carboxylic acids is 1. The quantitative estimate of drug-likeness (QED) is 0.437. The second-order valence-corrected chi connectivity index (χ2v) is 7.12. The van der Waals surface area contributed by atoms with Gasteiger partial charge in [-0.15, -0.1) is 12.4 Å². The largest absolute Gasteiger partial charge is 0.489 e. The van der Waals surface area contributed by atoms with E-state index in [4.69, 9.17) is 15.7 Å². The zero-order valence-corrected chi connectivity index (χ0v) is 18.1. The van der Waals surface area contributed by atoms with E-state index < -0.39 is 0 Å². The Bertz CT molecular complexity index is 1310. The van der Waals surface area contributed by atoms with Crippen LogP contribution in [-0.4, -0.2) is 10.9 Å². The molecule has 1 amide bonds. The van der Waals surface area contributed by atoms with Crippen molar-refractivity contribution in [2.24, 2.45) is 0 Å². The molecule has 4 rings (SSSR count). The van der Waals surface area contributed by atoms with Crippen LogP contribution in [0.2, 0.25) is 0 Å². The molecule has 0 aliphatic heterocycles. The third-order valence-electron chi connectivity index (χ3n) is 4.87. The number of halogens is 1. The number of ether oxygens (including phenoxy) is 1. The van der Waals surface area contributed by atoms with Gasteiger partial charge in [0, 0.05) is 33.6 Å². The van der Waals surface area contributed by atoms with Crippen molar-refractivity contribution in [2.45, 2.75) is 13.5 Å². The van der Waals surface area contributed by atoms with Gasteiger partial charge in [0.05, 0.1) is 17.1 Å². The Morgan fingerprint density at radius 2 is 1.84 bits per heavy atom. The number of fused-ring (bicyclic) bond motifs is 1. The lowest BCUT2D eigenvalue weighted by Gasteiger charge is -2.12. The minimum atomic E-state index is -0.239. The van der Waals surface area contributed by atoms with E-state index in [-0.39, 0.29) is 24.9 Å². The maximum absolute atomic E-state index is 13.0. The lowest BCUT2D eigenvalue weighted by Crippen LogP contribution is -2.15. The lowest BCUT2D eigenvalue weighted by molar-refractivity contribution is 0.102. The molecule has 0 aliphatic carbocycles. The van der Waals surface area contributed by atoms with Crippen molar-refractivity contribution in [3.63, 3.8) is 0 Å². The van der Waals surface area contributed by atoms with Crippen molar-refractivity contribution in [1.82, 2.24) is 4.98 Å². The Balaban J connectivity index is 0.00000289. The maximum Gasteiger partial charge on any atom is 0.256 e. The SMILES string of the molecule is Cc1cc(N)c2cc(NC(=O)c3ccccc3COc3ccc(C#N)cc3)ccc2n1.Cl. The fraction of sp³-hybridized carbons (Fsp3) is 0.0800. The van der Waals surface area contributed by atoms with Crippen molar-refractivity contribution in [3.05, 3.63) is 95.2 Å². The Labute approximate surface area is 192 Å². The molecule has 0 unspecified atom stereocenters. The molecule has 7 heteroatoms. The van der Waals surface area contributed by atoms with Crippen LogP contribution in [0.5, 0.6) is 5.75 Å². The molecule has 6 nitrogen and oxygen atoms in total. The van der Waals surface area contributed by atoms with Crippen molar-refractivity contribution >= 4 is 40.6 Å². The molecular weight excluding hydrogens is 424 g/mol. The molecular formula is C25H21ClN4O2. The molecule has 160 valence electrons. The van der Waals surface area contributed by atoms with Gasteiger partial charge >= 0.3 is 0 Å². The topological polar surface area (TPSA) is 101 Å². The number of nitrogens with zero attached hydrogens (tertiary/aromatic N) is 2. The molecule has 1 heterocycles. The summed E-state index contributed by atoms with van der Waals surface area (Å²) in [5, 5.41) is 12.6. The first-order chi connectivity index (χ1) is 15.0. The van der Waals surface area contributed by atoms with Gasteiger partial charge in [-0.3, -0.25) is 9.78 Å². The molecule has 0 atom stereocenters. The van der Waals surface area contributed by atoms with Gasteiger partial charge in [-0.2, -0.15) is 5.26 Å². The number of nitrogens with one attached hydrogen (secondary N) is 1. The molecule has 0 aliphatic rings. The number of anilines is 2. The molecule has 0 fully saturated rings. The predicted molar refractivity (Wildman–Crippen MR) is 128 cm³/mol. The first-order valence-corrected chi connectivity index (χ1v) is 9.72. The molecule has 32 heavy (non-hydrogen) atoms. The van der Waals surface area contributed by atoms with Crippen LogP contribution < -0.4 is 15.8 Å². The van der Waals surface area contributed by atoms with E-state index in [0.29, 0.717) is 28.3 Å². The van der Waals surface area contributed by atoms with Gasteiger partial charge in [0.25, 0.3) is 5.91 Å². The number of aryl methyl sites for hydroxylation is 1. The number of rotatable bonds is 5. The molecule has 0 saturated heterocycles. The fourth-order valence-electron chi connectivity index (χ4n) is 3.32. The Kier molecular flexibility index (Phi) is 6.93. The second kappa shape index (κ2) is 9.82. The zero-order chi connectivity index (χ0) is 21.8. The summed E-state index contributed by atoms with van der Waals surface area (Å²) in [6.45, 7) is 2.12. The average molecular weight is 445 g/mol. The second-order valence-electron chi connectivity index (χ2n) is 7.12. The van der Waals surface area contributed by atoms with Gasteiger partial charge in [0.2, 0.25) is 0 Å². The standard InChI is InChI=1S/C25H20N4O2.ClH/c1-16-12-23(27)22-13-19(8-11-24(22)28-16)29-25(30)21-5-3-2-4-18(21)15-31-20-9-6-17(14-26)7-10-20;/h2-13H,15H2,1H3,(H2,27,28)(H,29,30);1H. The Hall–Kier alpha value is -4.08. The highest BCUT2D eigenvalue weighted by atomic mass is 35.5. The van der Waals surface area contributed by atoms with Crippen LogP contribution in [-0.2, 0) is 6.61 Å².